The third-order valence-corrected chi connectivity index (χ3v) is 5.91. The molecule has 1 N–H and O–H groups in total. The maximum atomic E-state index is 12.7. The second-order valence-electron chi connectivity index (χ2n) is 8.05. The van der Waals surface area contributed by atoms with E-state index >= 15 is 0 Å². The van der Waals surface area contributed by atoms with Crippen molar-refractivity contribution in [1.29, 1.82) is 5.26 Å². The topological polar surface area (TPSA) is 124 Å². The highest BCUT2D eigenvalue weighted by molar-refractivity contribution is 5.77. The zero-order chi connectivity index (χ0) is 22.5. The molecular weight excluding hydrogens is 412 g/mol. The van der Waals surface area contributed by atoms with Gasteiger partial charge in [0.15, 0.2) is 0 Å². The molecule has 4 heterocycles. The number of amides is 1. The van der Waals surface area contributed by atoms with Crippen molar-refractivity contribution in [3.05, 3.63) is 46.0 Å². The minimum atomic E-state index is -0.270. The van der Waals surface area contributed by atoms with Crippen molar-refractivity contribution >= 4 is 11.7 Å². The van der Waals surface area contributed by atoms with Crippen molar-refractivity contribution in [2.24, 2.45) is 0 Å². The predicted octanol–water partition coefficient (Wildman–Crippen LogP) is 1.01. The lowest BCUT2D eigenvalue weighted by Crippen LogP contribution is -2.49. The molecule has 0 saturated carbocycles. The number of anilines is 1. The molecule has 0 unspecified atom stereocenters. The molecule has 2 atom stereocenters. The van der Waals surface area contributed by atoms with Crippen molar-refractivity contribution in [3.8, 4) is 11.8 Å². The Hall–Kier alpha value is -3.45. The summed E-state index contributed by atoms with van der Waals surface area (Å²) in [5, 5.41) is 15.0. The van der Waals surface area contributed by atoms with Gasteiger partial charge in [0.1, 0.15) is 24.2 Å². The van der Waals surface area contributed by atoms with Gasteiger partial charge in [-0.2, -0.15) is 10.4 Å². The number of aromatic nitrogens is 3. The molecule has 10 heteroatoms. The highest BCUT2D eigenvalue weighted by atomic mass is 16.5. The number of hydrogen-bond donors (Lipinski definition) is 1. The molecule has 2 aromatic rings. The molecule has 0 aromatic carbocycles. The van der Waals surface area contributed by atoms with Crippen molar-refractivity contribution in [2.45, 2.75) is 38.4 Å². The maximum absolute atomic E-state index is 12.7. The number of carbonyl (C=O) groups is 1. The number of H-pyrrole nitrogens is 1. The molecule has 4 rings (SSSR count). The first-order valence-electron chi connectivity index (χ1n) is 10.7. The van der Waals surface area contributed by atoms with Gasteiger partial charge >= 0.3 is 0 Å². The Balaban J connectivity index is 1.20. The fourth-order valence-corrected chi connectivity index (χ4v) is 3.97. The number of aromatic amines is 1. The van der Waals surface area contributed by atoms with E-state index in [1.165, 1.54) is 6.20 Å². The van der Waals surface area contributed by atoms with E-state index in [2.05, 4.69) is 26.2 Å². The number of carbonyl (C=O) groups excluding carboxylic acids is 1. The van der Waals surface area contributed by atoms with Gasteiger partial charge in [0.2, 0.25) is 5.91 Å². The number of nitrogens with one attached hydrogen (secondary N) is 1. The highest BCUT2D eigenvalue weighted by Crippen LogP contribution is 2.24. The van der Waals surface area contributed by atoms with Crippen LogP contribution in [0.2, 0.25) is 0 Å². The van der Waals surface area contributed by atoms with E-state index < -0.39 is 0 Å². The van der Waals surface area contributed by atoms with Gasteiger partial charge in [0, 0.05) is 32.4 Å². The average molecular weight is 438 g/mol. The number of hydrogen-bond acceptors (Lipinski definition) is 8. The zero-order valence-electron chi connectivity index (χ0n) is 18.0. The summed E-state index contributed by atoms with van der Waals surface area (Å²) in [6.45, 7) is 4.69. The van der Waals surface area contributed by atoms with Crippen molar-refractivity contribution < 1.29 is 14.3 Å². The molecular formula is C22H26N6O4. The van der Waals surface area contributed by atoms with Gasteiger partial charge in [-0.25, -0.2) is 10.1 Å². The van der Waals surface area contributed by atoms with Gasteiger partial charge in [-0.3, -0.25) is 9.59 Å². The largest absolute Gasteiger partial charge is 0.489 e. The highest BCUT2D eigenvalue weighted by Gasteiger charge is 2.30. The smallest absolute Gasteiger partial charge is 0.270 e. The Bertz CT molecular complexity index is 1040. The van der Waals surface area contributed by atoms with Crippen LogP contribution in [0.5, 0.6) is 5.75 Å². The van der Waals surface area contributed by atoms with Crippen molar-refractivity contribution in [1.82, 2.24) is 20.1 Å². The molecule has 0 spiro atoms. The van der Waals surface area contributed by atoms with E-state index in [1.54, 1.807) is 19.2 Å². The summed E-state index contributed by atoms with van der Waals surface area (Å²) < 4.78 is 11.7. The third kappa shape index (κ3) is 5.06. The van der Waals surface area contributed by atoms with Crippen LogP contribution in [0.25, 0.3) is 0 Å². The van der Waals surface area contributed by atoms with Gasteiger partial charge < -0.3 is 19.3 Å². The summed E-state index contributed by atoms with van der Waals surface area (Å²) in [5.41, 5.74) is 0.750. The first-order chi connectivity index (χ1) is 15.5. The number of nitrogens with zero attached hydrogens (tertiary/aromatic N) is 5. The average Bonchev–Trinajstić information content (AvgIpc) is 3.27. The lowest BCUT2D eigenvalue weighted by Gasteiger charge is -2.35. The minimum absolute atomic E-state index is 0.0960. The minimum Gasteiger partial charge on any atom is -0.489 e. The summed E-state index contributed by atoms with van der Waals surface area (Å²) in [5.74, 6) is 1.37. The van der Waals surface area contributed by atoms with Crippen LogP contribution in [0.3, 0.4) is 0 Å². The van der Waals surface area contributed by atoms with Crippen molar-refractivity contribution in [2.75, 3.05) is 37.7 Å². The molecule has 2 aromatic heterocycles. The van der Waals surface area contributed by atoms with Gasteiger partial charge in [-0.15, -0.1) is 0 Å². The number of piperazine rings is 1. The molecule has 168 valence electrons. The maximum Gasteiger partial charge on any atom is 0.270 e. The van der Waals surface area contributed by atoms with E-state index in [1.807, 2.05) is 11.0 Å². The molecule has 10 nitrogen and oxygen atoms in total. The fourth-order valence-electron chi connectivity index (χ4n) is 3.97. The third-order valence-electron chi connectivity index (χ3n) is 5.91. The van der Waals surface area contributed by atoms with E-state index in [4.69, 9.17) is 14.7 Å². The van der Waals surface area contributed by atoms with E-state index in [0.29, 0.717) is 56.1 Å². The second-order valence-corrected chi connectivity index (χ2v) is 8.05. The normalized spacial score (nSPS) is 20.8. The van der Waals surface area contributed by atoms with Crippen LogP contribution in [0, 0.1) is 18.3 Å². The SMILES string of the molecule is Cc1c(OC[C@H]2CC[C@H](CC(=O)N3CCN(c4ccc(C#N)cn4)CC3)O2)cn[nH]c1=O. The molecule has 2 fully saturated rings. The Kier molecular flexibility index (Phi) is 6.66. The Morgan fingerprint density at radius 1 is 1.25 bits per heavy atom. The zero-order valence-corrected chi connectivity index (χ0v) is 18.0. The van der Waals surface area contributed by atoms with Crippen molar-refractivity contribution in [3.63, 3.8) is 0 Å². The predicted molar refractivity (Wildman–Crippen MR) is 115 cm³/mol. The summed E-state index contributed by atoms with van der Waals surface area (Å²) in [7, 11) is 0. The number of ether oxygens (including phenoxy) is 2. The Morgan fingerprint density at radius 2 is 2.03 bits per heavy atom. The number of rotatable bonds is 6. The summed E-state index contributed by atoms with van der Waals surface area (Å²) in [4.78, 5) is 32.7. The lowest BCUT2D eigenvalue weighted by molar-refractivity contribution is -0.134. The second kappa shape index (κ2) is 9.78. The van der Waals surface area contributed by atoms with Crippen LogP contribution in [0.4, 0.5) is 5.82 Å². The van der Waals surface area contributed by atoms with Crippen LogP contribution in [-0.4, -0.2) is 71.0 Å². The summed E-state index contributed by atoms with van der Waals surface area (Å²) >= 11 is 0. The quantitative estimate of drug-likeness (QED) is 0.709. The molecule has 0 bridgehead atoms. The van der Waals surface area contributed by atoms with Gasteiger partial charge in [-0.1, -0.05) is 0 Å². The van der Waals surface area contributed by atoms with E-state index in [-0.39, 0.29) is 23.7 Å². The fraction of sp³-hybridized carbons (Fsp3) is 0.500. The van der Waals surface area contributed by atoms with E-state index in [0.717, 1.165) is 18.7 Å². The molecule has 0 radical (unpaired) electrons. The first kappa shape index (κ1) is 21.8. The van der Waals surface area contributed by atoms with Gasteiger partial charge in [0.05, 0.1) is 36.0 Å². The standard InChI is InChI=1S/C22H26N6O4/c1-15-19(13-25-26-22(15)30)31-14-18-4-3-17(32-18)10-21(29)28-8-6-27(7-9-28)20-5-2-16(11-23)12-24-20/h2,5,12-13,17-18H,3-4,6-10,14H2,1H3,(H,26,30)/t17-,18-/m1/s1. The number of pyridine rings is 1. The molecule has 2 saturated heterocycles. The van der Waals surface area contributed by atoms with E-state index in [9.17, 15) is 9.59 Å². The molecule has 32 heavy (non-hydrogen) atoms. The van der Waals surface area contributed by atoms with Gasteiger partial charge in [0.25, 0.3) is 5.56 Å². The summed E-state index contributed by atoms with van der Waals surface area (Å²) in [6, 6.07) is 5.66. The van der Waals surface area contributed by atoms with Crippen LogP contribution in [0.1, 0.15) is 30.4 Å². The molecule has 0 aliphatic carbocycles. The van der Waals surface area contributed by atoms with Crippen LogP contribution >= 0.6 is 0 Å². The number of nitriles is 1. The molecule has 2 aliphatic rings. The first-order valence-corrected chi connectivity index (χ1v) is 10.7. The summed E-state index contributed by atoms with van der Waals surface area (Å²) in [6.07, 6.45) is 4.81. The lowest BCUT2D eigenvalue weighted by atomic mass is 10.1. The monoisotopic (exact) mass is 438 g/mol. The Morgan fingerprint density at radius 3 is 2.75 bits per heavy atom. The van der Waals surface area contributed by atoms with Gasteiger partial charge in [-0.05, 0) is 31.9 Å². The van der Waals surface area contributed by atoms with Crippen LogP contribution < -0.4 is 15.2 Å². The molecule has 2 aliphatic heterocycles. The van der Waals surface area contributed by atoms with Crippen LogP contribution in [-0.2, 0) is 9.53 Å². The molecule has 1 amide bonds. The Labute approximate surface area is 185 Å². The van der Waals surface area contributed by atoms with Crippen LogP contribution in [0.15, 0.2) is 29.3 Å².